The normalized spacial score (nSPS) is 16.6. The monoisotopic (exact) mass is 536 g/mol. The SMILES string of the molecule is O=c1c(NCCN2CCN(c3ncc(-c4ccccc4)c4nc(C(F)(F)F)ccc34)CC2)c(NC2CC2)c1=O. The van der Waals surface area contributed by atoms with E-state index in [0.29, 0.717) is 60.4 Å². The second-order valence-corrected chi connectivity index (χ2v) is 10.0. The van der Waals surface area contributed by atoms with E-state index in [4.69, 9.17) is 0 Å². The Morgan fingerprint density at radius 2 is 1.64 bits per heavy atom. The molecule has 8 nitrogen and oxygen atoms in total. The highest BCUT2D eigenvalue weighted by atomic mass is 19.4. The lowest BCUT2D eigenvalue weighted by molar-refractivity contribution is -0.140. The van der Waals surface area contributed by atoms with Crippen LogP contribution in [0.15, 0.2) is 58.3 Å². The number of pyridine rings is 2. The first-order valence-electron chi connectivity index (χ1n) is 13.0. The minimum atomic E-state index is -4.55. The summed E-state index contributed by atoms with van der Waals surface area (Å²) in [5.74, 6) is 0.614. The van der Waals surface area contributed by atoms with Crippen molar-refractivity contribution in [1.82, 2.24) is 14.9 Å². The maximum Gasteiger partial charge on any atom is 0.433 e. The van der Waals surface area contributed by atoms with Crippen LogP contribution < -0.4 is 26.4 Å². The first-order valence-corrected chi connectivity index (χ1v) is 13.0. The predicted octanol–water partition coefficient (Wildman–Crippen LogP) is 3.72. The third-order valence-electron chi connectivity index (χ3n) is 7.32. The Hall–Kier alpha value is -3.99. The molecule has 0 spiro atoms. The summed E-state index contributed by atoms with van der Waals surface area (Å²) in [4.78, 5) is 36.8. The predicted molar refractivity (Wildman–Crippen MR) is 145 cm³/mol. The maximum absolute atomic E-state index is 13.5. The maximum atomic E-state index is 13.5. The summed E-state index contributed by atoms with van der Waals surface area (Å²) in [7, 11) is 0. The number of aromatic nitrogens is 2. The van der Waals surface area contributed by atoms with Crippen LogP contribution in [0.25, 0.3) is 22.0 Å². The van der Waals surface area contributed by atoms with E-state index < -0.39 is 22.7 Å². The summed E-state index contributed by atoms with van der Waals surface area (Å²) in [6.07, 6.45) is -0.913. The lowest BCUT2D eigenvalue weighted by atomic mass is 10.0. The number of anilines is 3. The van der Waals surface area contributed by atoms with Crippen LogP contribution in [0.3, 0.4) is 0 Å². The summed E-state index contributed by atoms with van der Waals surface area (Å²) < 4.78 is 40.5. The molecule has 3 heterocycles. The molecule has 1 saturated heterocycles. The zero-order chi connectivity index (χ0) is 27.1. The van der Waals surface area contributed by atoms with Crippen LogP contribution in [0, 0.1) is 0 Å². The van der Waals surface area contributed by atoms with Gasteiger partial charge in [-0.2, -0.15) is 13.2 Å². The molecule has 2 fully saturated rings. The molecular weight excluding hydrogens is 509 g/mol. The minimum Gasteiger partial charge on any atom is -0.379 e. The number of hydrogen-bond donors (Lipinski definition) is 2. The van der Waals surface area contributed by atoms with E-state index in [9.17, 15) is 22.8 Å². The molecule has 2 N–H and O–H groups in total. The number of hydrogen-bond acceptors (Lipinski definition) is 8. The van der Waals surface area contributed by atoms with Gasteiger partial charge in [0.2, 0.25) is 0 Å². The molecule has 202 valence electrons. The molecule has 2 aromatic carbocycles. The van der Waals surface area contributed by atoms with Crippen molar-refractivity contribution in [3.63, 3.8) is 0 Å². The minimum absolute atomic E-state index is 0.274. The van der Waals surface area contributed by atoms with Gasteiger partial charge in [0.25, 0.3) is 10.9 Å². The molecule has 1 saturated carbocycles. The first kappa shape index (κ1) is 25.3. The Morgan fingerprint density at radius 3 is 2.33 bits per heavy atom. The number of fused-ring (bicyclic) bond motifs is 1. The number of halogens is 3. The van der Waals surface area contributed by atoms with Crippen LogP contribution in [0.4, 0.5) is 30.4 Å². The lowest BCUT2D eigenvalue weighted by Gasteiger charge is -2.36. The molecule has 1 aliphatic carbocycles. The number of alkyl halides is 3. The van der Waals surface area contributed by atoms with Gasteiger partial charge in [-0.15, -0.1) is 0 Å². The van der Waals surface area contributed by atoms with Gasteiger partial charge in [0.1, 0.15) is 22.9 Å². The van der Waals surface area contributed by atoms with E-state index in [1.54, 1.807) is 6.20 Å². The second kappa shape index (κ2) is 9.96. The van der Waals surface area contributed by atoms with Crippen molar-refractivity contribution in [2.45, 2.75) is 25.1 Å². The average Bonchev–Trinajstić information content (AvgIpc) is 3.78. The van der Waals surface area contributed by atoms with Gasteiger partial charge in [0.15, 0.2) is 0 Å². The van der Waals surface area contributed by atoms with Crippen LogP contribution >= 0.6 is 0 Å². The standard InChI is InChI=1S/C28H27F3N6O2/c29-28(30,31)21-9-8-19-22(35-21)20(17-4-2-1-3-5-17)16-33-27(19)37-14-12-36(13-15-37)11-10-32-23-24(26(39)25(23)38)34-18-6-7-18/h1-5,8-9,16,18,32,34H,6-7,10-15H2. The zero-order valence-electron chi connectivity index (χ0n) is 21.1. The van der Waals surface area contributed by atoms with Crippen molar-refractivity contribution in [1.29, 1.82) is 0 Å². The van der Waals surface area contributed by atoms with E-state index in [0.717, 1.165) is 37.6 Å². The van der Waals surface area contributed by atoms with Crippen molar-refractivity contribution in [2.75, 3.05) is 54.8 Å². The summed E-state index contributed by atoms with van der Waals surface area (Å²) >= 11 is 0. The molecule has 2 aromatic heterocycles. The van der Waals surface area contributed by atoms with Crippen molar-refractivity contribution in [3.05, 3.63) is 74.8 Å². The summed E-state index contributed by atoms with van der Waals surface area (Å²) in [5, 5.41) is 6.82. The molecule has 6 rings (SSSR count). The highest BCUT2D eigenvalue weighted by molar-refractivity contribution is 5.99. The summed E-state index contributed by atoms with van der Waals surface area (Å²) in [5.41, 5.74) is 0.518. The fourth-order valence-corrected chi connectivity index (χ4v) is 4.99. The third-order valence-corrected chi connectivity index (χ3v) is 7.32. The van der Waals surface area contributed by atoms with Crippen molar-refractivity contribution in [2.24, 2.45) is 0 Å². The third kappa shape index (κ3) is 5.06. The van der Waals surface area contributed by atoms with Crippen molar-refractivity contribution in [3.8, 4) is 11.1 Å². The number of benzene rings is 1. The quantitative estimate of drug-likeness (QED) is 0.330. The van der Waals surface area contributed by atoms with E-state index in [2.05, 4.69) is 30.4 Å². The summed E-state index contributed by atoms with van der Waals surface area (Å²) in [6, 6.07) is 11.9. The van der Waals surface area contributed by atoms with Gasteiger partial charge in [0, 0.05) is 62.5 Å². The van der Waals surface area contributed by atoms with Crippen LogP contribution in [-0.4, -0.2) is 60.2 Å². The topological polar surface area (TPSA) is 90.5 Å². The Bertz CT molecular complexity index is 1570. The molecule has 4 aromatic rings. The second-order valence-electron chi connectivity index (χ2n) is 10.0. The molecule has 0 amide bonds. The fourth-order valence-electron chi connectivity index (χ4n) is 4.99. The molecule has 1 aliphatic heterocycles. The van der Waals surface area contributed by atoms with Gasteiger partial charge >= 0.3 is 6.18 Å². The molecule has 0 bridgehead atoms. The molecule has 0 unspecified atom stereocenters. The lowest BCUT2D eigenvalue weighted by Crippen LogP contribution is -2.48. The molecule has 39 heavy (non-hydrogen) atoms. The van der Waals surface area contributed by atoms with Crippen LogP contribution in [0.5, 0.6) is 0 Å². The smallest absolute Gasteiger partial charge is 0.379 e. The Balaban J connectivity index is 1.15. The number of rotatable bonds is 8. The highest BCUT2D eigenvalue weighted by Crippen LogP contribution is 2.36. The highest BCUT2D eigenvalue weighted by Gasteiger charge is 2.33. The van der Waals surface area contributed by atoms with E-state index in [-0.39, 0.29) is 5.52 Å². The van der Waals surface area contributed by atoms with E-state index >= 15 is 0 Å². The molecular formula is C28H27F3N6O2. The van der Waals surface area contributed by atoms with Gasteiger partial charge < -0.3 is 15.5 Å². The van der Waals surface area contributed by atoms with Gasteiger partial charge in [-0.25, -0.2) is 9.97 Å². The fraction of sp³-hybridized carbons (Fsp3) is 0.357. The van der Waals surface area contributed by atoms with Crippen molar-refractivity contribution >= 4 is 28.1 Å². The number of piperazine rings is 1. The first-order chi connectivity index (χ1) is 18.8. The molecule has 0 atom stereocenters. The van der Waals surface area contributed by atoms with Crippen LogP contribution in [0.1, 0.15) is 18.5 Å². The Kier molecular flexibility index (Phi) is 6.46. The largest absolute Gasteiger partial charge is 0.433 e. The van der Waals surface area contributed by atoms with E-state index in [1.165, 1.54) is 6.07 Å². The van der Waals surface area contributed by atoms with Crippen molar-refractivity contribution < 1.29 is 13.2 Å². The van der Waals surface area contributed by atoms with Gasteiger partial charge in [-0.05, 0) is 30.5 Å². The molecule has 2 aliphatic rings. The zero-order valence-corrected chi connectivity index (χ0v) is 21.1. The molecule has 0 radical (unpaired) electrons. The van der Waals surface area contributed by atoms with Gasteiger partial charge in [0.05, 0.1) is 5.52 Å². The van der Waals surface area contributed by atoms with Crippen LogP contribution in [-0.2, 0) is 6.18 Å². The Morgan fingerprint density at radius 1 is 0.923 bits per heavy atom. The summed E-state index contributed by atoms with van der Waals surface area (Å²) in [6.45, 7) is 3.94. The number of nitrogens with zero attached hydrogens (tertiary/aromatic N) is 4. The van der Waals surface area contributed by atoms with Gasteiger partial charge in [-0.3, -0.25) is 14.5 Å². The van der Waals surface area contributed by atoms with Gasteiger partial charge in [-0.1, -0.05) is 30.3 Å². The molecule has 11 heteroatoms. The average molecular weight is 537 g/mol. The van der Waals surface area contributed by atoms with E-state index in [1.807, 2.05) is 30.3 Å². The Labute approximate surface area is 222 Å². The van der Waals surface area contributed by atoms with Crippen LogP contribution in [0.2, 0.25) is 0 Å². The number of nitrogens with one attached hydrogen (secondary N) is 2.